The van der Waals surface area contributed by atoms with Crippen molar-refractivity contribution in [2.24, 2.45) is 5.92 Å². The molecule has 1 aromatic rings. The predicted octanol–water partition coefficient (Wildman–Crippen LogP) is 2.26. The van der Waals surface area contributed by atoms with Crippen LogP contribution < -0.4 is 10.6 Å². The van der Waals surface area contributed by atoms with Crippen LogP contribution in [0.5, 0.6) is 0 Å². The van der Waals surface area contributed by atoms with Gasteiger partial charge in [0.2, 0.25) is 5.91 Å². The maximum atomic E-state index is 12.3. The van der Waals surface area contributed by atoms with Gasteiger partial charge < -0.3 is 15.2 Å². The molecule has 5 nitrogen and oxygen atoms in total. The quantitative estimate of drug-likeness (QED) is 0.875. The Morgan fingerprint density at radius 3 is 2.64 bits per heavy atom. The largest absolute Gasteiger partial charge is 0.361 e. The number of piperidine rings is 1. The van der Waals surface area contributed by atoms with Crippen molar-refractivity contribution < 1.29 is 9.32 Å². The molecule has 2 aliphatic rings. The lowest BCUT2D eigenvalue weighted by Crippen LogP contribution is -2.41. The van der Waals surface area contributed by atoms with Gasteiger partial charge in [0.05, 0.1) is 5.69 Å². The third-order valence-electron chi connectivity index (χ3n) is 5.14. The number of aryl methyl sites for hydroxylation is 2. The standard InChI is InChI=1S/C17H27N3O2/c1-10(6-16-11(2)20-22-12(16)3)18-17(21)9-13-7-14-4-5-15(8-13)19-14/h10,13-15,19H,4-9H2,1-3H3,(H,18,21). The summed E-state index contributed by atoms with van der Waals surface area (Å²) in [6, 6.07) is 1.41. The van der Waals surface area contributed by atoms with E-state index in [1.807, 2.05) is 13.8 Å². The zero-order chi connectivity index (χ0) is 15.7. The van der Waals surface area contributed by atoms with E-state index in [0.29, 0.717) is 24.4 Å². The fourth-order valence-corrected chi connectivity index (χ4v) is 4.09. The van der Waals surface area contributed by atoms with Crippen molar-refractivity contribution in [2.75, 3.05) is 0 Å². The monoisotopic (exact) mass is 305 g/mol. The van der Waals surface area contributed by atoms with Crippen LogP contribution >= 0.6 is 0 Å². The van der Waals surface area contributed by atoms with Crippen LogP contribution in [0.4, 0.5) is 0 Å². The Morgan fingerprint density at radius 1 is 1.36 bits per heavy atom. The summed E-state index contributed by atoms with van der Waals surface area (Å²) in [6.07, 6.45) is 6.33. The van der Waals surface area contributed by atoms with Gasteiger partial charge in [-0.1, -0.05) is 5.16 Å². The summed E-state index contributed by atoms with van der Waals surface area (Å²) >= 11 is 0. The molecule has 3 unspecified atom stereocenters. The van der Waals surface area contributed by atoms with Gasteiger partial charge in [0.25, 0.3) is 0 Å². The maximum absolute atomic E-state index is 12.3. The summed E-state index contributed by atoms with van der Waals surface area (Å²) in [4.78, 5) is 12.3. The number of aromatic nitrogens is 1. The molecule has 0 aliphatic carbocycles. The molecule has 3 heterocycles. The number of hydrogen-bond acceptors (Lipinski definition) is 4. The zero-order valence-corrected chi connectivity index (χ0v) is 13.8. The first-order valence-electron chi connectivity index (χ1n) is 8.48. The van der Waals surface area contributed by atoms with Gasteiger partial charge in [-0.15, -0.1) is 0 Å². The second-order valence-electron chi connectivity index (χ2n) is 7.15. The molecule has 2 bridgehead atoms. The lowest BCUT2D eigenvalue weighted by molar-refractivity contribution is -0.122. The van der Waals surface area contributed by atoms with Gasteiger partial charge in [0.15, 0.2) is 0 Å². The molecule has 2 N–H and O–H groups in total. The highest BCUT2D eigenvalue weighted by Crippen LogP contribution is 2.32. The van der Waals surface area contributed by atoms with E-state index >= 15 is 0 Å². The topological polar surface area (TPSA) is 67.2 Å². The third kappa shape index (κ3) is 3.51. The Labute approximate surface area is 132 Å². The van der Waals surface area contributed by atoms with Gasteiger partial charge in [0.1, 0.15) is 5.76 Å². The molecule has 0 saturated carbocycles. The first-order chi connectivity index (χ1) is 10.5. The van der Waals surface area contributed by atoms with Gasteiger partial charge in [-0.05, 0) is 58.8 Å². The number of nitrogens with zero attached hydrogens (tertiary/aromatic N) is 1. The van der Waals surface area contributed by atoms with Gasteiger partial charge in [-0.25, -0.2) is 0 Å². The minimum absolute atomic E-state index is 0.114. The maximum Gasteiger partial charge on any atom is 0.220 e. The molecule has 3 rings (SSSR count). The Bertz CT molecular complexity index is 509. The van der Waals surface area contributed by atoms with E-state index in [1.54, 1.807) is 0 Å². The average molecular weight is 305 g/mol. The van der Waals surface area contributed by atoms with Crippen LogP contribution in [0.3, 0.4) is 0 Å². The molecule has 0 radical (unpaired) electrons. The summed E-state index contributed by atoms with van der Waals surface area (Å²) in [6.45, 7) is 5.93. The number of fused-ring (bicyclic) bond motifs is 2. The van der Waals surface area contributed by atoms with Gasteiger partial charge in [-0.3, -0.25) is 4.79 Å². The van der Waals surface area contributed by atoms with E-state index in [9.17, 15) is 4.79 Å². The minimum atomic E-state index is 0.114. The van der Waals surface area contributed by atoms with Crippen molar-refractivity contribution in [3.05, 3.63) is 17.0 Å². The summed E-state index contributed by atoms with van der Waals surface area (Å²) in [5.41, 5.74) is 2.04. The Balaban J connectivity index is 1.47. The highest BCUT2D eigenvalue weighted by Gasteiger charge is 2.34. The molecule has 22 heavy (non-hydrogen) atoms. The second kappa shape index (κ2) is 6.41. The van der Waals surface area contributed by atoms with Gasteiger partial charge in [-0.2, -0.15) is 0 Å². The summed E-state index contributed by atoms with van der Waals surface area (Å²) in [5.74, 6) is 1.59. The molecular weight excluding hydrogens is 278 g/mol. The van der Waals surface area contributed by atoms with E-state index in [1.165, 1.54) is 12.8 Å². The van der Waals surface area contributed by atoms with Gasteiger partial charge >= 0.3 is 0 Å². The van der Waals surface area contributed by atoms with Crippen molar-refractivity contribution >= 4 is 5.91 Å². The van der Waals surface area contributed by atoms with Crippen LogP contribution in [0.1, 0.15) is 56.0 Å². The van der Waals surface area contributed by atoms with Gasteiger partial charge in [0, 0.05) is 30.1 Å². The van der Waals surface area contributed by atoms with Crippen molar-refractivity contribution in [3.63, 3.8) is 0 Å². The van der Waals surface area contributed by atoms with E-state index < -0.39 is 0 Å². The normalized spacial score (nSPS) is 28.6. The van der Waals surface area contributed by atoms with Crippen LogP contribution in [-0.4, -0.2) is 29.2 Å². The Hall–Kier alpha value is -1.36. The lowest BCUT2D eigenvalue weighted by Gasteiger charge is -2.29. The minimum Gasteiger partial charge on any atom is -0.361 e. The summed E-state index contributed by atoms with van der Waals surface area (Å²) < 4.78 is 5.18. The summed E-state index contributed by atoms with van der Waals surface area (Å²) in [7, 11) is 0. The molecule has 0 aromatic carbocycles. The molecule has 3 atom stereocenters. The molecular formula is C17H27N3O2. The molecule has 2 fully saturated rings. The molecule has 1 aromatic heterocycles. The number of amides is 1. The third-order valence-corrected chi connectivity index (χ3v) is 5.14. The van der Waals surface area contributed by atoms with Crippen molar-refractivity contribution in [3.8, 4) is 0 Å². The van der Waals surface area contributed by atoms with Crippen LogP contribution in [0.25, 0.3) is 0 Å². The van der Waals surface area contributed by atoms with Crippen molar-refractivity contribution in [2.45, 2.75) is 77.4 Å². The molecule has 0 spiro atoms. The van der Waals surface area contributed by atoms with E-state index in [0.717, 1.165) is 36.3 Å². The molecule has 5 heteroatoms. The lowest BCUT2D eigenvalue weighted by atomic mass is 9.89. The molecule has 1 amide bonds. The summed E-state index contributed by atoms with van der Waals surface area (Å²) in [5, 5.41) is 10.7. The van der Waals surface area contributed by atoms with E-state index in [2.05, 4.69) is 22.7 Å². The van der Waals surface area contributed by atoms with Crippen molar-refractivity contribution in [1.82, 2.24) is 15.8 Å². The van der Waals surface area contributed by atoms with E-state index in [-0.39, 0.29) is 11.9 Å². The second-order valence-corrected chi connectivity index (χ2v) is 7.15. The number of hydrogen-bond donors (Lipinski definition) is 2. The number of carbonyl (C=O) groups excluding carboxylic acids is 1. The van der Waals surface area contributed by atoms with Crippen LogP contribution in [0, 0.1) is 19.8 Å². The van der Waals surface area contributed by atoms with Crippen molar-refractivity contribution in [1.29, 1.82) is 0 Å². The zero-order valence-electron chi connectivity index (χ0n) is 13.8. The number of nitrogens with one attached hydrogen (secondary N) is 2. The fourth-order valence-electron chi connectivity index (χ4n) is 4.09. The van der Waals surface area contributed by atoms with E-state index in [4.69, 9.17) is 4.52 Å². The molecule has 2 saturated heterocycles. The molecule has 2 aliphatic heterocycles. The fraction of sp³-hybridized carbons (Fsp3) is 0.765. The number of carbonyl (C=O) groups is 1. The predicted molar refractivity (Wildman–Crippen MR) is 84.6 cm³/mol. The highest BCUT2D eigenvalue weighted by atomic mass is 16.5. The van der Waals surface area contributed by atoms with Crippen LogP contribution in [0.15, 0.2) is 4.52 Å². The first-order valence-corrected chi connectivity index (χ1v) is 8.48. The average Bonchev–Trinajstić information content (AvgIpc) is 2.95. The Kier molecular flexibility index (Phi) is 4.52. The Morgan fingerprint density at radius 2 is 2.05 bits per heavy atom. The van der Waals surface area contributed by atoms with Crippen LogP contribution in [-0.2, 0) is 11.2 Å². The SMILES string of the molecule is Cc1noc(C)c1CC(C)NC(=O)CC1CC2CCC(C1)N2. The highest BCUT2D eigenvalue weighted by molar-refractivity contribution is 5.76. The first kappa shape index (κ1) is 15.5. The number of rotatable bonds is 5. The smallest absolute Gasteiger partial charge is 0.220 e. The van der Waals surface area contributed by atoms with Crippen LogP contribution in [0.2, 0.25) is 0 Å². The molecule has 122 valence electrons.